The first kappa shape index (κ1) is 12.8. The van der Waals surface area contributed by atoms with Crippen LogP contribution in [-0.4, -0.2) is 0 Å². The summed E-state index contributed by atoms with van der Waals surface area (Å²) in [6, 6.07) is 8.83. The molecule has 0 nitrogen and oxygen atoms in total. The third-order valence-electron chi connectivity index (χ3n) is 2.97. The molecule has 1 atom stereocenters. The Balaban J connectivity index is 2.67. The maximum Gasteiger partial charge on any atom is 0.0449 e. The van der Waals surface area contributed by atoms with Gasteiger partial charge in [0.15, 0.2) is 0 Å². The van der Waals surface area contributed by atoms with Crippen LogP contribution < -0.4 is 0 Å². The van der Waals surface area contributed by atoms with Crippen molar-refractivity contribution in [2.24, 2.45) is 0 Å². The van der Waals surface area contributed by atoms with Crippen LogP contribution in [0, 0.1) is 12.3 Å². The summed E-state index contributed by atoms with van der Waals surface area (Å²) in [5, 5.41) is 0. The van der Waals surface area contributed by atoms with Gasteiger partial charge in [0.25, 0.3) is 0 Å². The van der Waals surface area contributed by atoms with Gasteiger partial charge in [-0.1, -0.05) is 63.3 Å². The summed E-state index contributed by atoms with van der Waals surface area (Å²) >= 11 is 0. The van der Waals surface area contributed by atoms with Gasteiger partial charge < -0.3 is 0 Å². The van der Waals surface area contributed by atoms with E-state index in [0.29, 0.717) is 5.92 Å². The van der Waals surface area contributed by atoms with Gasteiger partial charge in [0, 0.05) is 5.92 Å². The number of rotatable bonds is 6. The Morgan fingerprint density at radius 3 is 2.31 bits per heavy atom. The maximum atomic E-state index is 5.59. The van der Waals surface area contributed by atoms with Gasteiger partial charge in [0.05, 0.1) is 0 Å². The highest BCUT2D eigenvalue weighted by Crippen LogP contribution is 2.21. The van der Waals surface area contributed by atoms with Crippen molar-refractivity contribution >= 4 is 0 Å². The quantitative estimate of drug-likeness (QED) is 0.610. The summed E-state index contributed by atoms with van der Waals surface area (Å²) in [6.07, 6.45) is 11.5. The first-order valence-corrected chi connectivity index (χ1v) is 6.36. The molecule has 0 fully saturated rings. The van der Waals surface area contributed by atoms with Crippen LogP contribution in [0.5, 0.6) is 0 Å². The zero-order valence-corrected chi connectivity index (χ0v) is 10.5. The number of hydrogen-bond donors (Lipinski definition) is 0. The van der Waals surface area contributed by atoms with E-state index in [1.165, 1.54) is 30.4 Å². The van der Waals surface area contributed by atoms with E-state index in [1.54, 1.807) is 0 Å². The third kappa shape index (κ3) is 3.74. The summed E-state index contributed by atoms with van der Waals surface area (Å²) in [4.78, 5) is 0. The average molecular weight is 214 g/mol. The van der Waals surface area contributed by atoms with E-state index in [1.807, 2.05) is 0 Å². The van der Waals surface area contributed by atoms with Crippen molar-refractivity contribution in [3.05, 3.63) is 35.4 Å². The van der Waals surface area contributed by atoms with E-state index in [4.69, 9.17) is 6.42 Å². The molecule has 0 aliphatic heterocycles. The predicted molar refractivity (Wildman–Crippen MR) is 71.5 cm³/mol. The first-order valence-electron chi connectivity index (χ1n) is 6.36. The van der Waals surface area contributed by atoms with Gasteiger partial charge in [-0.3, -0.25) is 0 Å². The molecule has 0 amide bonds. The van der Waals surface area contributed by atoms with E-state index in [2.05, 4.69) is 44.0 Å². The summed E-state index contributed by atoms with van der Waals surface area (Å²) in [7, 11) is 0. The number of aryl methyl sites for hydroxylation is 1. The number of benzene rings is 1. The molecular formula is C16H22. The zero-order valence-electron chi connectivity index (χ0n) is 10.5. The highest BCUT2D eigenvalue weighted by atomic mass is 14.1. The van der Waals surface area contributed by atoms with Crippen molar-refractivity contribution in [1.29, 1.82) is 0 Å². The predicted octanol–water partition coefficient (Wildman–Crippen LogP) is 4.55. The Kier molecular flexibility index (Phi) is 5.72. The van der Waals surface area contributed by atoms with E-state index < -0.39 is 0 Å². The second-order valence-electron chi connectivity index (χ2n) is 4.35. The van der Waals surface area contributed by atoms with E-state index in [9.17, 15) is 0 Å². The second kappa shape index (κ2) is 7.12. The molecule has 1 unspecified atom stereocenters. The minimum absolute atomic E-state index is 0.302. The third-order valence-corrected chi connectivity index (χ3v) is 2.97. The molecule has 0 aliphatic rings. The molecule has 0 heteroatoms. The molecule has 1 aromatic rings. The van der Waals surface area contributed by atoms with Gasteiger partial charge in [-0.15, -0.1) is 6.42 Å². The molecule has 0 spiro atoms. The van der Waals surface area contributed by atoms with Crippen LogP contribution in [0.3, 0.4) is 0 Å². The van der Waals surface area contributed by atoms with Crippen LogP contribution in [0.25, 0.3) is 0 Å². The minimum atomic E-state index is 0.302. The summed E-state index contributed by atoms with van der Waals surface area (Å²) in [6.45, 7) is 4.41. The Hall–Kier alpha value is -1.22. The van der Waals surface area contributed by atoms with Gasteiger partial charge >= 0.3 is 0 Å². The van der Waals surface area contributed by atoms with Gasteiger partial charge in [-0.25, -0.2) is 0 Å². The van der Waals surface area contributed by atoms with Crippen LogP contribution in [0.4, 0.5) is 0 Å². The monoisotopic (exact) mass is 214 g/mol. The van der Waals surface area contributed by atoms with Crippen LogP contribution in [0.1, 0.15) is 56.6 Å². The van der Waals surface area contributed by atoms with Gasteiger partial charge in [0.2, 0.25) is 0 Å². The molecule has 0 N–H and O–H groups in total. The van der Waals surface area contributed by atoms with Crippen molar-refractivity contribution in [3.63, 3.8) is 0 Å². The molecule has 0 radical (unpaired) electrons. The molecule has 1 rings (SSSR count). The van der Waals surface area contributed by atoms with Crippen molar-refractivity contribution in [1.82, 2.24) is 0 Å². The molecule has 0 saturated heterocycles. The number of hydrogen-bond acceptors (Lipinski definition) is 0. The number of unbranched alkanes of at least 4 members (excludes halogenated alkanes) is 1. The lowest BCUT2D eigenvalue weighted by Crippen LogP contribution is -1.96. The molecule has 86 valence electrons. The Morgan fingerprint density at radius 2 is 1.81 bits per heavy atom. The fourth-order valence-corrected chi connectivity index (χ4v) is 1.96. The second-order valence-corrected chi connectivity index (χ2v) is 4.35. The molecule has 16 heavy (non-hydrogen) atoms. The normalized spacial score (nSPS) is 12.1. The first-order chi connectivity index (χ1) is 7.81. The SMILES string of the molecule is C#CC(CCCC)c1ccc(CCC)cc1. The van der Waals surface area contributed by atoms with Crippen LogP contribution in [0.2, 0.25) is 0 Å². The smallest absolute Gasteiger partial charge is 0.0449 e. The lowest BCUT2D eigenvalue weighted by atomic mass is 9.93. The molecule has 1 aromatic carbocycles. The summed E-state index contributed by atoms with van der Waals surface area (Å²) in [5.41, 5.74) is 2.72. The summed E-state index contributed by atoms with van der Waals surface area (Å²) < 4.78 is 0. The number of terminal acetylenes is 1. The van der Waals surface area contributed by atoms with E-state index in [0.717, 1.165) is 12.8 Å². The summed E-state index contributed by atoms with van der Waals surface area (Å²) in [5.74, 6) is 3.21. The standard InChI is InChI=1S/C16H22/c1-4-7-9-15(6-3)16-12-10-14(8-5-2)11-13-16/h3,10-13,15H,4-5,7-9H2,1-2H3. The van der Waals surface area contributed by atoms with Gasteiger partial charge in [-0.2, -0.15) is 0 Å². The zero-order chi connectivity index (χ0) is 11.8. The van der Waals surface area contributed by atoms with Crippen molar-refractivity contribution in [3.8, 4) is 12.3 Å². The Morgan fingerprint density at radius 1 is 1.12 bits per heavy atom. The van der Waals surface area contributed by atoms with Gasteiger partial charge in [-0.05, 0) is 24.0 Å². The fourth-order valence-electron chi connectivity index (χ4n) is 1.96. The highest BCUT2D eigenvalue weighted by Gasteiger charge is 2.07. The molecular weight excluding hydrogens is 192 g/mol. The van der Waals surface area contributed by atoms with Crippen molar-refractivity contribution in [2.45, 2.75) is 51.9 Å². The molecule has 0 heterocycles. The lowest BCUT2D eigenvalue weighted by molar-refractivity contribution is 0.676. The van der Waals surface area contributed by atoms with E-state index >= 15 is 0 Å². The molecule has 0 aliphatic carbocycles. The largest absolute Gasteiger partial charge is 0.119 e. The van der Waals surface area contributed by atoms with Crippen molar-refractivity contribution < 1.29 is 0 Å². The maximum absolute atomic E-state index is 5.59. The van der Waals surface area contributed by atoms with Crippen LogP contribution >= 0.6 is 0 Å². The molecule has 0 aromatic heterocycles. The Bertz CT molecular complexity index is 326. The average Bonchev–Trinajstić information content (AvgIpc) is 2.32. The molecule has 0 bridgehead atoms. The fraction of sp³-hybridized carbons (Fsp3) is 0.500. The van der Waals surface area contributed by atoms with Crippen LogP contribution in [-0.2, 0) is 6.42 Å². The van der Waals surface area contributed by atoms with E-state index in [-0.39, 0.29) is 0 Å². The molecule has 0 saturated carbocycles. The topological polar surface area (TPSA) is 0 Å². The minimum Gasteiger partial charge on any atom is -0.119 e. The van der Waals surface area contributed by atoms with Crippen LogP contribution in [0.15, 0.2) is 24.3 Å². The van der Waals surface area contributed by atoms with Gasteiger partial charge in [0.1, 0.15) is 0 Å². The Labute approximate surface area is 100 Å². The lowest BCUT2D eigenvalue weighted by Gasteiger charge is -2.11. The highest BCUT2D eigenvalue weighted by molar-refractivity contribution is 5.29. The van der Waals surface area contributed by atoms with Crippen molar-refractivity contribution in [2.75, 3.05) is 0 Å².